The molecule has 2 unspecified atom stereocenters. The van der Waals surface area contributed by atoms with Crippen LogP contribution in [0.25, 0.3) is 0 Å². The lowest BCUT2D eigenvalue weighted by atomic mass is 10.0. The number of aliphatic hydroxyl groups is 2. The van der Waals surface area contributed by atoms with Gasteiger partial charge in [-0.15, -0.1) is 0 Å². The molecule has 1 amide bonds. The van der Waals surface area contributed by atoms with Gasteiger partial charge in [0, 0.05) is 12.8 Å². The quantitative estimate of drug-likeness (QED) is 0.0320. The van der Waals surface area contributed by atoms with Gasteiger partial charge in [0.15, 0.2) is 0 Å². The Balaban J connectivity index is 3.38. The first kappa shape index (κ1) is 92.8. The van der Waals surface area contributed by atoms with Crippen molar-refractivity contribution in [3.8, 4) is 0 Å². The van der Waals surface area contributed by atoms with Gasteiger partial charge < -0.3 is 20.3 Å². The summed E-state index contributed by atoms with van der Waals surface area (Å²) in [6, 6.07) is -0.628. The van der Waals surface area contributed by atoms with E-state index in [0.29, 0.717) is 19.4 Å². The third-order valence-electron chi connectivity index (χ3n) is 20.3. The number of amides is 1. The molecule has 0 radical (unpaired) electrons. The largest absolute Gasteiger partial charge is 0.466 e. The highest BCUT2D eigenvalue weighted by Gasteiger charge is 2.18. The lowest BCUT2D eigenvalue weighted by molar-refractivity contribution is -0.143. The number of aliphatic hydroxyl groups excluding tert-OH is 2. The number of hydrogen-bond acceptors (Lipinski definition) is 5. The molecule has 0 heterocycles. The van der Waals surface area contributed by atoms with Crippen LogP contribution < -0.4 is 5.32 Å². The number of hydrogen-bond donors (Lipinski definition) is 3. The summed E-state index contributed by atoms with van der Waals surface area (Å²) in [7, 11) is 0. The summed E-state index contributed by atoms with van der Waals surface area (Å²) in [5.41, 5.74) is 0. The molecule has 0 saturated heterocycles. The van der Waals surface area contributed by atoms with Crippen LogP contribution in [0, 0.1) is 0 Å². The van der Waals surface area contributed by atoms with E-state index in [9.17, 15) is 19.8 Å². The molecule has 0 bridgehead atoms. The SMILES string of the molecule is CCCCCCCC/C=C\CCCCCCCCCCCC(=O)OCCCCCCCCCCCCC/C=C\C/C=C\CCCCCCCCCCCCCCCCCCCC(=O)NC(CO)C(O)/C=C/CCCCCCCCCCCCCCCCCCCCCCCC. The molecule has 0 aliphatic heterocycles. The van der Waals surface area contributed by atoms with Crippen LogP contribution in [0.4, 0.5) is 0 Å². The average Bonchev–Trinajstić information content (AvgIpc) is 2.97. The molecule has 0 aromatic carbocycles. The summed E-state index contributed by atoms with van der Waals surface area (Å²) >= 11 is 0. The topological polar surface area (TPSA) is 95.9 Å². The van der Waals surface area contributed by atoms with Crippen LogP contribution in [-0.2, 0) is 14.3 Å². The van der Waals surface area contributed by atoms with Crippen molar-refractivity contribution in [2.45, 2.75) is 495 Å². The van der Waals surface area contributed by atoms with Gasteiger partial charge in [0.05, 0.1) is 25.4 Å². The first-order chi connectivity index (χ1) is 47.0. The number of unbranched alkanes of at least 4 members (excludes halogenated alkanes) is 65. The van der Waals surface area contributed by atoms with Crippen LogP contribution in [0.5, 0.6) is 0 Å². The minimum Gasteiger partial charge on any atom is -0.466 e. The van der Waals surface area contributed by atoms with E-state index in [0.717, 1.165) is 44.9 Å². The van der Waals surface area contributed by atoms with Crippen molar-refractivity contribution in [3.63, 3.8) is 0 Å². The number of nitrogens with one attached hydrogen (secondary N) is 1. The fourth-order valence-electron chi connectivity index (χ4n) is 13.7. The summed E-state index contributed by atoms with van der Waals surface area (Å²) in [5, 5.41) is 23.3. The zero-order valence-electron chi connectivity index (χ0n) is 64.4. The highest BCUT2D eigenvalue weighted by Crippen LogP contribution is 2.20. The number of ether oxygens (including phenoxy) is 1. The molecular formula is C89H169NO5. The minimum atomic E-state index is -0.845. The molecule has 0 aromatic rings. The van der Waals surface area contributed by atoms with E-state index in [-0.39, 0.29) is 18.5 Å². The number of carbonyl (C=O) groups is 2. The molecule has 0 fully saturated rings. The third-order valence-corrected chi connectivity index (χ3v) is 20.3. The Labute approximate surface area is 595 Å². The second-order valence-electron chi connectivity index (χ2n) is 29.9. The fourth-order valence-corrected chi connectivity index (χ4v) is 13.7. The van der Waals surface area contributed by atoms with Gasteiger partial charge in [-0.1, -0.05) is 428 Å². The third kappa shape index (κ3) is 80.7. The van der Waals surface area contributed by atoms with E-state index in [2.05, 4.69) is 55.6 Å². The first-order valence-electron chi connectivity index (χ1n) is 43.4. The van der Waals surface area contributed by atoms with Crippen LogP contribution in [0.2, 0.25) is 0 Å². The predicted molar refractivity (Wildman–Crippen MR) is 421 cm³/mol. The second-order valence-corrected chi connectivity index (χ2v) is 29.9. The average molecular weight is 1330 g/mol. The Morgan fingerprint density at radius 3 is 0.811 bits per heavy atom. The molecule has 0 saturated carbocycles. The predicted octanol–water partition coefficient (Wildman–Crippen LogP) is 29.1. The van der Waals surface area contributed by atoms with E-state index in [1.54, 1.807) is 6.08 Å². The monoisotopic (exact) mass is 1330 g/mol. The second kappa shape index (κ2) is 84.2. The van der Waals surface area contributed by atoms with Crippen molar-refractivity contribution < 1.29 is 24.5 Å². The Hall–Kier alpha value is -2.18. The standard InChI is InChI=1S/C89H169NO5/c1-3-5-7-9-11-13-15-17-19-21-23-24-25-39-42-46-49-53-57-61-65-69-73-77-81-87(92)86(85-91)90-88(93)82-78-74-70-66-62-58-54-50-47-43-40-37-35-33-31-29-27-26-28-30-32-34-36-38-41-44-48-52-56-60-64-68-72-76-80-84-95-89(94)83-79-75-71-67-63-59-55-51-45-22-20-18-16-14-12-10-8-6-4-2/h18,20,28,30,34,36,77,81,86-87,91-92H,3-17,19,21-27,29,31-33,35,37-76,78-80,82-85H2,1-2H3,(H,90,93)/b20-18-,30-28-,36-34-,81-77+. The molecule has 0 aliphatic carbocycles. The Bertz CT molecular complexity index is 1590. The van der Waals surface area contributed by atoms with Crippen LogP contribution in [0.1, 0.15) is 483 Å². The molecule has 560 valence electrons. The molecular weight excluding hydrogens is 1160 g/mol. The van der Waals surface area contributed by atoms with Gasteiger partial charge in [-0.3, -0.25) is 9.59 Å². The lowest BCUT2D eigenvalue weighted by Crippen LogP contribution is -2.45. The van der Waals surface area contributed by atoms with Crippen molar-refractivity contribution in [2.75, 3.05) is 13.2 Å². The van der Waals surface area contributed by atoms with Gasteiger partial charge in [-0.2, -0.15) is 0 Å². The number of rotatable bonds is 82. The van der Waals surface area contributed by atoms with Gasteiger partial charge in [-0.05, 0) is 89.9 Å². The van der Waals surface area contributed by atoms with E-state index >= 15 is 0 Å². The van der Waals surface area contributed by atoms with Crippen molar-refractivity contribution >= 4 is 11.9 Å². The molecule has 0 aliphatic rings. The molecule has 3 N–H and O–H groups in total. The smallest absolute Gasteiger partial charge is 0.305 e. The van der Waals surface area contributed by atoms with Crippen molar-refractivity contribution in [2.24, 2.45) is 0 Å². The van der Waals surface area contributed by atoms with Gasteiger partial charge in [0.2, 0.25) is 5.91 Å². The van der Waals surface area contributed by atoms with E-state index < -0.39 is 12.1 Å². The van der Waals surface area contributed by atoms with Crippen molar-refractivity contribution in [1.29, 1.82) is 0 Å². The molecule has 0 spiro atoms. The van der Waals surface area contributed by atoms with Gasteiger partial charge >= 0.3 is 5.97 Å². The van der Waals surface area contributed by atoms with Crippen molar-refractivity contribution in [3.05, 3.63) is 48.6 Å². The van der Waals surface area contributed by atoms with Crippen LogP contribution in [0.15, 0.2) is 48.6 Å². The first-order valence-corrected chi connectivity index (χ1v) is 43.4. The van der Waals surface area contributed by atoms with Crippen molar-refractivity contribution in [1.82, 2.24) is 5.32 Å². The minimum absolute atomic E-state index is 0.0170. The fraction of sp³-hybridized carbons (Fsp3) is 0.888. The van der Waals surface area contributed by atoms with Gasteiger partial charge in [-0.25, -0.2) is 0 Å². The maximum absolute atomic E-state index is 12.6. The van der Waals surface area contributed by atoms with Crippen LogP contribution in [-0.4, -0.2) is 47.4 Å². The summed E-state index contributed by atoms with van der Waals surface area (Å²) in [6.07, 6.45) is 113. The summed E-state index contributed by atoms with van der Waals surface area (Å²) in [6.45, 7) is 4.95. The molecule has 6 nitrogen and oxygen atoms in total. The van der Waals surface area contributed by atoms with E-state index in [1.165, 1.54) is 411 Å². The van der Waals surface area contributed by atoms with E-state index in [4.69, 9.17) is 4.74 Å². The van der Waals surface area contributed by atoms with Gasteiger partial charge in [0.25, 0.3) is 0 Å². The van der Waals surface area contributed by atoms with Crippen LogP contribution in [0.3, 0.4) is 0 Å². The number of esters is 1. The lowest BCUT2D eigenvalue weighted by Gasteiger charge is -2.20. The Morgan fingerprint density at radius 1 is 0.295 bits per heavy atom. The normalized spacial score (nSPS) is 12.7. The number of carbonyl (C=O) groups excluding carboxylic acids is 2. The maximum atomic E-state index is 12.6. The highest BCUT2D eigenvalue weighted by molar-refractivity contribution is 5.76. The number of allylic oxidation sites excluding steroid dienone is 7. The van der Waals surface area contributed by atoms with Crippen LogP contribution >= 0.6 is 0 Å². The van der Waals surface area contributed by atoms with E-state index in [1.807, 2.05) is 6.08 Å². The molecule has 0 rings (SSSR count). The molecule has 2 atom stereocenters. The zero-order chi connectivity index (χ0) is 68.4. The molecule has 95 heavy (non-hydrogen) atoms. The Morgan fingerprint density at radius 2 is 0.526 bits per heavy atom. The molecule has 6 heteroatoms. The Kier molecular flexibility index (Phi) is 82.3. The maximum Gasteiger partial charge on any atom is 0.305 e. The summed E-state index contributed by atoms with van der Waals surface area (Å²) < 4.78 is 5.52. The summed E-state index contributed by atoms with van der Waals surface area (Å²) in [5.74, 6) is -0.0436. The highest BCUT2D eigenvalue weighted by atomic mass is 16.5. The van der Waals surface area contributed by atoms with Gasteiger partial charge in [0.1, 0.15) is 0 Å². The summed E-state index contributed by atoms with van der Waals surface area (Å²) in [4.78, 5) is 24.7. The zero-order valence-corrected chi connectivity index (χ0v) is 64.4. The molecule has 0 aromatic heterocycles.